The molecule has 0 radical (unpaired) electrons. The summed E-state index contributed by atoms with van der Waals surface area (Å²) in [5.74, 6) is 0.0488. The number of nitrogens with one attached hydrogen (secondary N) is 1. The van der Waals surface area contributed by atoms with Gasteiger partial charge in [0.25, 0.3) is 0 Å². The van der Waals surface area contributed by atoms with Crippen LogP contribution in [0.15, 0.2) is 59.6 Å². The Morgan fingerprint density at radius 1 is 1.00 bits per heavy atom. The molecule has 0 aliphatic carbocycles. The molecule has 2 heterocycles. The number of sulfonamides is 1. The molecule has 1 N–H and O–H groups in total. The zero-order valence-electron chi connectivity index (χ0n) is 15.8. The Morgan fingerprint density at radius 3 is 2.43 bits per heavy atom. The molecule has 0 saturated carbocycles. The van der Waals surface area contributed by atoms with E-state index >= 15 is 0 Å². The van der Waals surface area contributed by atoms with Gasteiger partial charge in [-0.2, -0.15) is 4.31 Å². The van der Waals surface area contributed by atoms with Crippen molar-refractivity contribution in [2.75, 3.05) is 32.7 Å². The van der Waals surface area contributed by atoms with Gasteiger partial charge < -0.3 is 4.98 Å². The fraction of sp³-hybridized carbons (Fsp3) is 0.286. The van der Waals surface area contributed by atoms with E-state index in [9.17, 15) is 13.2 Å². The number of hydrogen-bond acceptors (Lipinski definition) is 4. The lowest BCUT2D eigenvalue weighted by Crippen LogP contribution is -2.49. The average Bonchev–Trinajstić information content (AvgIpc) is 3.13. The summed E-state index contributed by atoms with van der Waals surface area (Å²) in [4.78, 5) is 18.3. The average molecular weight is 398 g/mol. The first-order valence-corrected chi connectivity index (χ1v) is 10.8. The molecule has 0 unspecified atom stereocenters. The Balaban J connectivity index is 1.42. The molecule has 0 amide bonds. The molecule has 1 aliphatic rings. The van der Waals surface area contributed by atoms with E-state index in [1.807, 2.05) is 48.2 Å². The Kier molecular flexibility index (Phi) is 5.05. The number of aromatic nitrogens is 1. The minimum Gasteiger partial charge on any atom is -0.360 e. The first-order valence-electron chi connectivity index (χ1n) is 9.34. The number of nitrogens with zero attached hydrogens (tertiary/aromatic N) is 2. The van der Waals surface area contributed by atoms with Gasteiger partial charge in [-0.05, 0) is 24.6 Å². The van der Waals surface area contributed by atoms with E-state index in [1.54, 1.807) is 18.3 Å². The number of hydrogen-bond donors (Lipinski definition) is 1. The Hall–Kier alpha value is -2.48. The standard InChI is InChI=1S/C21H23N3O3S/c1-16-6-2-5-9-21(16)28(26,27)24-12-10-23(11-13-24)15-20(25)18-14-22-19-8-4-3-7-17(18)19/h2-9,14,22H,10-13,15H2,1H3. The van der Waals surface area contributed by atoms with Gasteiger partial charge in [-0.3, -0.25) is 9.69 Å². The van der Waals surface area contributed by atoms with Gasteiger partial charge in [0, 0.05) is 48.8 Å². The SMILES string of the molecule is Cc1ccccc1S(=O)(=O)N1CCN(CC(=O)c2c[nH]c3ccccc23)CC1. The molecule has 7 heteroatoms. The number of piperazine rings is 1. The number of fused-ring (bicyclic) bond motifs is 1. The smallest absolute Gasteiger partial charge is 0.243 e. The molecule has 0 atom stereocenters. The lowest BCUT2D eigenvalue weighted by atomic mass is 10.1. The third-order valence-electron chi connectivity index (χ3n) is 5.30. The van der Waals surface area contributed by atoms with Crippen LogP contribution in [0.2, 0.25) is 0 Å². The van der Waals surface area contributed by atoms with Crippen molar-refractivity contribution in [3.8, 4) is 0 Å². The highest BCUT2D eigenvalue weighted by Crippen LogP contribution is 2.22. The maximum Gasteiger partial charge on any atom is 0.243 e. The second-order valence-corrected chi connectivity index (χ2v) is 9.02. The predicted molar refractivity (Wildman–Crippen MR) is 109 cm³/mol. The van der Waals surface area contributed by atoms with Gasteiger partial charge in [-0.25, -0.2) is 8.42 Å². The van der Waals surface area contributed by atoms with Crippen LogP contribution in [-0.4, -0.2) is 61.1 Å². The Bertz CT molecular complexity index is 1110. The van der Waals surface area contributed by atoms with E-state index in [-0.39, 0.29) is 5.78 Å². The van der Waals surface area contributed by atoms with Crippen LogP contribution in [0.1, 0.15) is 15.9 Å². The molecule has 2 aromatic carbocycles. The first kappa shape index (κ1) is 18.9. The van der Waals surface area contributed by atoms with Crippen molar-refractivity contribution in [3.63, 3.8) is 0 Å². The summed E-state index contributed by atoms with van der Waals surface area (Å²) < 4.78 is 27.3. The van der Waals surface area contributed by atoms with Gasteiger partial charge >= 0.3 is 0 Å². The lowest BCUT2D eigenvalue weighted by molar-refractivity contribution is 0.0903. The number of ketones is 1. The van der Waals surface area contributed by atoms with E-state index in [0.717, 1.165) is 16.5 Å². The number of rotatable bonds is 5. The van der Waals surface area contributed by atoms with Gasteiger partial charge in [0.15, 0.2) is 5.78 Å². The molecule has 3 aromatic rings. The van der Waals surface area contributed by atoms with Crippen molar-refractivity contribution >= 4 is 26.7 Å². The van der Waals surface area contributed by atoms with Crippen LogP contribution in [0, 0.1) is 6.92 Å². The van der Waals surface area contributed by atoms with E-state index in [2.05, 4.69) is 4.98 Å². The van der Waals surface area contributed by atoms with Crippen molar-refractivity contribution in [2.45, 2.75) is 11.8 Å². The summed E-state index contributed by atoms with van der Waals surface area (Å²) in [5, 5.41) is 0.924. The van der Waals surface area contributed by atoms with Crippen LogP contribution in [0.25, 0.3) is 10.9 Å². The van der Waals surface area contributed by atoms with Gasteiger partial charge in [-0.15, -0.1) is 0 Å². The summed E-state index contributed by atoms with van der Waals surface area (Å²) in [6.45, 7) is 3.96. The summed E-state index contributed by atoms with van der Waals surface area (Å²) in [6.07, 6.45) is 1.76. The van der Waals surface area contributed by atoms with E-state index in [1.165, 1.54) is 4.31 Å². The monoisotopic (exact) mass is 397 g/mol. The number of carbonyl (C=O) groups excluding carboxylic acids is 1. The Labute approximate surface area is 164 Å². The van der Waals surface area contributed by atoms with Gasteiger partial charge in [0.1, 0.15) is 0 Å². The quantitative estimate of drug-likeness (QED) is 0.672. The van der Waals surface area contributed by atoms with Crippen molar-refractivity contribution in [2.24, 2.45) is 0 Å². The number of H-pyrrole nitrogens is 1. The van der Waals surface area contributed by atoms with Crippen LogP contribution < -0.4 is 0 Å². The van der Waals surface area contributed by atoms with Gasteiger partial charge in [0.05, 0.1) is 11.4 Å². The van der Waals surface area contributed by atoms with Crippen LogP contribution in [0.3, 0.4) is 0 Å². The molecule has 1 aliphatic heterocycles. The summed E-state index contributed by atoms with van der Waals surface area (Å²) in [6, 6.07) is 14.8. The number of Topliss-reactive ketones (excluding diaryl/α,β-unsaturated/α-hetero) is 1. The highest BCUT2D eigenvalue weighted by Gasteiger charge is 2.30. The normalized spacial score (nSPS) is 16.5. The van der Waals surface area contributed by atoms with E-state index in [4.69, 9.17) is 0 Å². The van der Waals surface area contributed by atoms with Gasteiger partial charge in [0.2, 0.25) is 10.0 Å². The molecule has 1 saturated heterocycles. The number of carbonyl (C=O) groups is 1. The Morgan fingerprint density at radius 2 is 1.68 bits per heavy atom. The number of para-hydroxylation sites is 1. The molecule has 28 heavy (non-hydrogen) atoms. The topological polar surface area (TPSA) is 73.5 Å². The highest BCUT2D eigenvalue weighted by molar-refractivity contribution is 7.89. The molecule has 0 bridgehead atoms. The van der Waals surface area contributed by atoms with E-state index in [0.29, 0.717) is 43.2 Å². The largest absolute Gasteiger partial charge is 0.360 e. The van der Waals surface area contributed by atoms with Crippen molar-refractivity contribution in [1.82, 2.24) is 14.2 Å². The number of aromatic amines is 1. The summed E-state index contributed by atoms with van der Waals surface area (Å²) >= 11 is 0. The van der Waals surface area contributed by atoms with Crippen LogP contribution in [0.5, 0.6) is 0 Å². The van der Waals surface area contributed by atoms with Gasteiger partial charge in [-0.1, -0.05) is 36.4 Å². The second-order valence-electron chi connectivity index (χ2n) is 7.12. The molecule has 6 nitrogen and oxygen atoms in total. The zero-order chi connectivity index (χ0) is 19.7. The fourth-order valence-corrected chi connectivity index (χ4v) is 5.35. The number of aryl methyl sites for hydroxylation is 1. The minimum atomic E-state index is -3.50. The zero-order valence-corrected chi connectivity index (χ0v) is 16.6. The van der Waals surface area contributed by atoms with E-state index < -0.39 is 10.0 Å². The molecular weight excluding hydrogens is 374 g/mol. The van der Waals surface area contributed by atoms with Crippen LogP contribution >= 0.6 is 0 Å². The third-order valence-corrected chi connectivity index (χ3v) is 7.36. The number of benzene rings is 2. The minimum absolute atomic E-state index is 0.0488. The maximum atomic E-state index is 12.9. The second kappa shape index (κ2) is 7.50. The van der Waals surface area contributed by atoms with Crippen molar-refractivity contribution in [3.05, 3.63) is 65.9 Å². The summed E-state index contributed by atoms with van der Waals surface area (Å²) in [7, 11) is -3.50. The predicted octanol–water partition coefficient (Wildman–Crippen LogP) is 2.67. The molecule has 0 spiro atoms. The molecular formula is C21H23N3O3S. The third kappa shape index (κ3) is 3.48. The fourth-order valence-electron chi connectivity index (χ4n) is 3.70. The summed E-state index contributed by atoms with van der Waals surface area (Å²) in [5.41, 5.74) is 2.38. The maximum absolute atomic E-state index is 12.9. The van der Waals surface area contributed by atoms with Crippen molar-refractivity contribution < 1.29 is 13.2 Å². The highest BCUT2D eigenvalue weighted by atomic mass is 32.2. The molecule has 4 rings (SSSR count). The first-order chi connectivity index (χ1) is 13.5. The van der Waals surface area contributed by atoms with Crippen LogP contribution in [-0.2, 0) is 10.0 Å². The van der Waals surface area contributed by atoms with Crippen molar-refractivity contribution in [1.29, 1.82) is 0 Å². The van der Waals surface area contributed by atoms with Crippen LogP contribution in [0.4, 0.5) is 0 Å². The molecule has 1 fully saturated rings. The lowest BCUT2D eigenvalue weighted by Gasteiger charge is -2.33. The molecule has 1 aromatic heterocycles. The molecule has 146 valence electrons.